The molecular weight excluding hydrogens is 282 g/mol. The lowest BCUT2D eigenvalue weighted by Crippen LogP contribution is -2.35. The molecular formula is C17H22ClN3. The number of halogens is 1. The van der Waals surface area contributed by atoms with E-state index in [9.17, 15) is 0 Å². The molecule has 1 aliphatic heterocycles. The van der Waals surface area contributed by atoms with Crippen LogP contribution in [0, 0.1) is 6.92 Å². The van der Waals surface area contributed by atoms with Crippen molar-refractivity contribution in [2.24, 2.45) is 0 Å². The fraction of sp³-hybridized carbons (Fsp3) is 0.471. The van der Waals surface area contributed by atoms with Gasteiger partial charge < -0.3 is 9.47 Å². The summed E-state index contributed by atoms with van der Waals surface area (Å²) in [7, 11) is 0. The van der Waals surface area contributed by atoms with Gasteiger partial charge in [-0.1, -0.05) is 24.6 Å². The Morgan fingerprint density at radius 3 is 3.05 bits per heavy atom. The Morgan fingerprint density at radius 2 is 2.24 bits per heavy atom. The second kappa shape index (κ2) is 6.20. The van der Waals surface area contributed by atoms with E-state index in [-0.39, 0.29) is 0 Å². The molecule has 112 valence electrons. The lowest BCUT2D eigenvalue weighted by molar-refractivity contribution is 0.213. The monoisotopic (exact) mass is 303 g/mol. The minimum Gasteiger partial charge on any atom is -0.303 e. The van der Waals surface area contributed by atoms with E-state index in [1.807, 2.05) is 18.3 Å². The van der Waals surface area contributed by atoms with Crippen molar-refractivity contribution in [3.8, 4) is 5.69 Å². The second-order valence-corrected chi connectivity index (χ2v) is 6.18. The van der Waals surface area contributed by atoms with Crippen LogP contribution in [0.15, 0.2) is 30.6 Å². The van der Waals surface area contributed by atoms with Crippen LogP contribution in [0.4, 0.5) is 0 Å². The molecule has 1 atom stereocenters. The highest BCUT2D eigenvalue weighted by Crippen LogP contribution is 2.29. The number of aromatic nitrogens is 2. The maximum atomic E-state index is 6.27. The fourth-order valence-electron chi connectivity index (χ4n) is 3.23. The molecule has 1 fully saturated rings. The number of piperidine rings is 1. The van der Waals surface area contributed by atoms with Gasteiger partial charge in [-0.25, -0.2) is 4.98 Å². The number of nitrogens with zero attached hydrogens (tertiary/aromatic N) is 3. The first-order chi connectivity index (χ1) is 10.2. The first-order valence-corrected chi connectivity index (χ1v) is 8.09. The maximum absolute atomic E-state index is 6.27. The molecule has 1 aromatic heterocycles. The van der Waals surface area contributed by atoms with Gasteiger partial charge in [0.15, 0.2) is 0 Å². The third-order valence-corrected chi connectivity index (χ3v) is 4.90. The highest BCUT2D eigenvalue weighted by Gasteiger charge is 2.24. The van der Waals surface area contributed by atoms with Gasteiger partial charge in [-0.05, 0) is 50.6 Å². The second-order valence-electron chi connectivity index (χ2n) is 5.77. The van der Waals surface area contributed by atoms with Crippen LogP contribution in [0.5, 0.6) is 0 Å². The summed E-state index contributed by atoms with van der Waals surface area (Å²) in [6.07, 6.45) is 6.42. The summed E-state index contributed by atoms with van der Waals surface area (Å²) in [5.74, 6) is 1.67. The molecule has 0 N–H and O–H groups in total. The number of likely N-dealkylation sites (tertiary alicyclic amines) is 1. The molecule has 0 unspecified atom stereocenters. The van der Waals surface area contributed by atoms with E-state index in [2.05, 4.69) is 40.6 Å². The van der Waals surface area contributed by atoms with Gasteiger partial charge in [0.2, 0.25) is 0 Å². The van der Waals surface area contributed by atoms with Gasteiger partial charge in [0.05, 0.1) is 5.69 Å². The zero-order chi connectivity index (χ0) is 14.8. The Hall–Kier alpha value is -1.32. The number of benzene rings is 1. The van der Waals surface area contributed by atoms with Crippen LogP contribution in [0.2, 0.25) is 5.02 Å². The Kier molecular flexibility index (Phi) is 4.32. The van der Waals surface area contributed by atoms with Crippen molar-refractivity contribution in [3.05, 3.63) is 47.0 Å². The number of rotatable bonds is 3. The van der Waals surface area contributed by atoms with Crippen molar-refractivity contribution in [3.63, 3.8) is 0 Å². The summed E-state index contributed by atoms with van der Waals surface area (Å²) in [5, 5.41) is 0.811. The quantitative estimate of drug-likeness (QED) is 0.853. The minimum atomic E-state index is 0.507. The largest absolute Gasteiger partial charge is 0.303 e. The van der Waals surface area contributed by atoms with E-state index >= 15 is 0 Å². The first kappa shape index (κ1) is 14.6. The molecule has 0 bridgehead atoms. The van der Waals surface area contributed by atoms with Gasteiger partial charge in [-0.3, -0.25) is 0 Å². The highest BCUT2D eigenvalue weighted by molar-refractivity contribution is 6.31. The molecule has 0 radical (unpaired) electrons. The summed E-state index contributed by atoms with van der Waals surface area (Å²) in [6.45, 7) is 7.74. The van der Waals surface area contributed by atoms with E-state index in [4.69, 9.17) is 11.6 Å². The molecule has 0 amide bonds. The maximum Gasteiger partial charge on any atom is 0.117 e. The Labute approximate surface area is 131 Å². The molecule has 0 spiro atoms. The number of likely N-dealkylation sites (N-methyl/N-ethyl adjacent to an activating group) is 1. The SMILES string of the molecule is CCN1CCC[C@H](c2nccn2-c2cccc(Cl)c2C)C1. The predicted molar refractivity (Wildman–Crippen MR) is 87.4 cm³/mol. The number of hydrogen-bond donors (Lipinski definition) is 0. The molecule has 1 saturated heterocycles. The van der Waals surface area contributed by atoms with Crippen LogP contribution in [0.25, 0.3) is 5.69 Å². The van der Waals surface area contributed by atoms with Crippen molar-refractivity contribution >= 4 is 11.6 Å². The van der Waals surface area contributed by atoms with Crippen LogP contribution in [0.1, 0.15) is 37.1 Å². The molecule has 2 heterocycles. The highest BCUT2D eigenvalue weighted by atomic mass is 35.5. The normalized spacial score (nSPS) is 19.9. The van der Waals surface area contributed by atoms with Crippen molar-refractivity contribution in [1.82, 2.24) is 14.5 Å². The average molecular weight is 304 g/mol. The molecule has 3 nitrogen and oxygen atoms in total. The summed E-state index contributed by atoms with van der Waals surface area (Å²) in [4.78, 5) is 7.16. The van der Waals surface area contributed by atoms with Gasteiger partial charge in [0.25, 0.3) is 0 Å². The van der Waals surface area contributed by atoms with Crippen LogP contribution < -0.4 is 0 Å². The minimum absolute atomic E-state index is 0.507. The van der Waals surface area contributed by atoms with E-state index in [0.717, 1.165) is 29.4 Å². The van der Waals surface area contributed by atoms with Gasteiger partial charge >= 0.3 is 0 Å². The lowest BCUT2D eigenvalue weighted by atomic mass is 9.97. The van der Waals surface area contributed by atoms with Gasteiger partial charge in [0, 0.05) is 29.9 Å². The molecule has 1 aromatic carbocycles. The third kappa shape index (κ3) is 2.85. The van der Waals surface area contributed by atoms with E-state index in [1.165, 1.54) is 25.2 Å². The summed E-state index contributed by atoms with van der Waals surface area (Å²) in [6, 6.07) is 6.07. The molecule has 1 aliphatic rings. The fourth-order valence-corrected chi connectivity index (χ4v) is 3.40. The van der Waals surface area contributed by atoms with Crippen molar-refractivity contribution < 1.29 is 0 Å². The molecule has 2 aromatic rings. The lowest BCUT2D eigenvalue weighted by Gasteiger charge is -2.31. The van der Waals surface area contributed by atoms with E-state index < -0.39 is 0 Å². The van der Waals surface area contributed by atoms with Crippen LogP contribution in [-0.4, -0.2) is 34.1 Å². The Bertz CT molecular complexity index is 620. The number of imidazole rings is 1. The van der Waals surface area contributed by atoms with Crippen LogP contribution in [0.3, 0.4) is 0 Å². The Morgan fingerprint density at radius 1 is 1.38 bits per heavy atom. The van der Waals surface area contributed by atoms with Gasteiger partial charge in [-0.2, -0.15) is 0 Å². The predicted octanol–water partition coefficient (Wildman–Crippen LogP) is 4.03. The summed E-state index contributed by atoms with van der Waals surface area (Å²) < 4.78 is 2.21. The molecule has 3 rings (SSSR count). The zero-order valence-corrected chi connectivity index (χ0v) is 13.5. The van der Waals surface area contributed by atoms with Crippen molar-refractivity contribution in [1.29, 1.82) is 0 Å². The van der Waals surface area contributed by atoms with E-state index in [1.54, 1.807) is 0 Å². The Balaban J connectivity index is 1.95. The molecule has 21 heavy (non-hydrogen) atoms. The van der Waals surface area contributed by atoms with Gasteiger partial charge in [-0.15, -0.1) is 0 Å². The van der Waals surface area contributed by atoms with Gasteiger partial charge in [0.1, 0.15) is 5.82 Å². The average Bonchev–Trinajstić information content (AvgIpc) is 2.99. The first-order valence-electron chi connectivity index (χ1n) is 7.71. The zero-order valence-electron chi connectivity index (χ0n) is 12.7. The third-order valence-electron chi connectivity index (χ3n) is 4.49. The van der Waals surface area contributed by atoms with Crippen molar-refractivity contribution in [2.45, 2.75) is 32.6 Å². The smallest absolute Gasteiger partial charge is 0.117 e. The standard InChI is InChI=1S/C17H22ClN3/c1-3-20-10-5-6-14(12-20)17-19-9-11-21(17)16-8-4-7-15(18)13(16)2/h4,7-9,11,14H,3,5-6,10,12H2,1-2H3/t14-/m0/s1. The molecule has 4 heteroatoms. The van der Waals surface area contributed by atoms with Crippen LogP contribution in [-0.2, 0) is 0 Å². The molecule has 0 aliphatic carbocycles. The van der Waals surface area contributed by atoms with Crippen LogP contribution >= 0.6 is 11.6 Å². The van der Waals surface area contributed by atoms with E-state index in [0.29, 0.717) is 5.92 Å². The van der Waals surface area contributed by atoms with Crippen molar-refractivity contribution in [2.75, 3.05) is 19.6 Å². The summed E-state index contributed by atoms with van der Waals surface area (Å²) >= 11 is 6.27. The topological polar surface area (TPSA) is 21.1 Å². The summed E-state index contributed by atoms with van der Waals surface area (Å²) in [5.41, 5.74) is 2.25. The molecule has 0 saturated carbocycles. The number of hydrogen-bond acceptors (Lipinski definition) is 2.